The highest BCUT2D eigenvalue weighted by molar-refractivity contribution is 5.46. The number of anilines is 1. The van der Waals surface area contributed by atoms with E-state index in [0.29, 0.717) is 5.92 Å². The van der Waals surface area contributed by atoms with Crippen molar-refractivity contribution in [1.82, 2.24) is 0 Å². The van der Waals surface area contributed by atoms with E-state index in [1.54, 1.807) is 12.1 Å². The molecule has 0 aliphatic heterocycles. The molecule has 0 aromatic heterocycles. The maximum Gasteiger partial charge on any atom is 0.422 e. The molecule has 0 bridgehead atoms. The predicted octanol–water partition coefficient (Wildman–Crippen LogP) is 4.09. The summed E-state index contributed by atoms with van der Waals surface area (Å²) < 4.78 is 40.4. The number of ether oxygens (including phenoxy) is 1. The van der Waals surface area contributed by atoms with Gasteiger partial charge in [0.05, 0.1) is 0 Å². The Morgan fingerprint density at radius 1 is 1.17 bits per heavy atom. The molecule has 0 atom stereocenters. The highest BCUT2D eigenvalue weighted by Crippen LogP contribution is 2.20. The van der Waals surface area contributed by atoms with E-state index in [4.69, 9.17) is 0 Å². The fourth-order valence-corrected chi connectivity index (χ4v) is 1.34. The molecule has 1 aromatic carbocycles. The molecule has 0 saturated carbocycles. The number of hydrogen-bond donors (Lipinski definition) is 1. The van der Waals surface area contributed by atoms with Crippen molar-refractivity contribution in [2.24, 2.45) is 5.92 Å². The minimum atomic E-state index is -4.30. The molecule has 0 fully saturated rings. The monoisotopic (exact) mass is 261 g/mol. The molecule has 1 N–H and O–H groups in total. The Morgan fingerprint density at radius 2 is 1.78 bits per heavy atom. The topological polar surface area (TPSA) is 21.3 Å². The average Bonchev–Trinajstić information content (AvgIpc) is 2.26. The zero-order valence-corrected chi connectivity index (χ0v) is 10.6. The third-order valence-electron chi connectivity index (χ3n) is 2.31. The van der Waals surface area contributed by atoms with Crippen molar-refractivity contribution in [2.75, 3.05) is 18.5 Å². The van der Waals surface area contributed by atoms with Crippen LogP contribution in [0.25, 0.3) is 0 Å². The Kier molecular flexibility index (Phi) is 5.31. The smallest absolute Gasteiger partial charge is 0.422 e. The summed E-state index contributed by atoms with van der Waals surface area (Å²) in [6, 6.07) is 6.49. The molecule has 0 saturated heterocycles. The van der Waals surface area contributed by atoms with Crippen molar-refractivity contribution >= 4 is 5.69 Å². The summed E-state index contributed by atoms with van der Waals surface area (Å²) in [6.07, 6.45) is -3.25. The average molecular weight is 261 g/mol. The Hall–Kier alpha value is -1.39. The van der Waals surface area contributed by atoms with Crippen LogP contribution in [-0.4, -0.2) is 19.3 Å². The standard InChI is InChI=1S/C13H18F3NO/c1-10(2)7-8-17-11-3-5-12(6-4-11)18-9-13(14,15)16/h3-6,10,17H,7-9H2,1-2H3. The number of nitrogens with one attached hydrogen (secondary N) is 1. The van der Waals surface area contributed by atoms with E-state index in [9.17, 15) is 13.2 Å². The van der Waals surface area contributed by atoms with Crippen molar-refractivity contribution in [3.05, 3.63) is 24.3 Å². The second-order valence-electron chi connectivity index (χ2n) is 4.54. The lowest BCUT2D eigenvalue weighted by molar-refractivity contribution is -0.153. The molecule has 18 heavy (non-hydrogen) atoms. The molecule has 0 aliphatic rings. The van der Waals surface area contributed by atoms with E-state index in [0.717, 1.165) is 18.7 Å². The summed E-state index contributed by atoms with van der Waals surface area (Å²) in [5.41, 5.74) is 0.884. The van der Waals surface area contributed by atoms with Crippen LogP contribution in [0.2, 0.25) is 0 Å². The van der Waals surface area contributed by atoms with Crippen molar-refractivity contribution in [3.63, 3.8) is 0 Å². The summed E-state index contributed by atoms with van der Waals surface area (Å²) >= 11 is 0. The predicted molar refractivity (Wildman–Crippen MR) is 65.9 cm³/mol. The summed E-state index contributed by atoms with van der Waals surface area (Å²) in [7, 11) is 0. The van der Waals surface area contributed by atoms with Gasteiger partial charge in [0, 0.05) is 12.2 Å². The first kappa shape index (κ1) is 14.7. The van der Waals surface area contributed by atoms with Crippen LogP contribution >= 0.6 is 0 Å². The van der Waals surface area contributed by atoms with Gasteiger partial charge in [-0.2, -0.15) is 13.2 Å². The van der Waals surface area contributed by atoms with Crippen LogP contribution in [0.5, 0.6) is 5.75 Å². The van der Waals surface area contributed by atoms with Gasteiger partial charge in [-0.25, -0.2) is 0 Å². The van der Waals surface area contributed by atoms with Gasteiger partial charge in [-0.05, 0) is 36.6 Å². The Bertz CT molecular complexity index is 346. The van der Waals surface area contributed by atoms with Gasteiger partial charge in [0.1, 0.15) is 5.75 Å². The van der Waals surface area contributed by atoms with Gasteiger partial charge in [-0.1, -0.05) is 13.8 Å². The van der Waals surface area contributed by atoms with E-state index in [1.165, 1.54) is 12.1 Å². The normalized spacial score (nSPS) is 11.7. The van der Waals surface area contributed by atoms with Crippen LogP contribution < -0.4 is 10.1 Å². The van der Waals surface area contributed by atoms with Crippen LogP contribution in [-0.2, 0) is 0 Å². The van der Waals surface area contributed by atoms with Gasteiger partial charge >= 0.3 is 6.18 Å². The first-order valence-electron chi connectivity index (χ1n) is 5.90. The van der Waals surface area contributed by atoms with Gasteiger partial charge in [-0.3, -0.25) is 0 Å². The summed E-state index contributed by atoms with van der Waals surface area (Å²) in [6.45, 7) is 3.86. The molecule has 102 valence electrons. The molecule has 2 nitrogen and oxygen atoms in total. The number of benzene rings is 1. The Labute approximate surface area is 105 Å². The van der Waals surface area contributed by atoms with Gasteiger partial charge in [-0.15, -0.1) is 0 Å². The first-order chi connectivity index (χ1) is 8.37. The SMILES string of the molecule is CC(C)CCNc1ccc(OCC(F)(F)F)cc1. The molecule has 0 heterocycles. The molecular formula is C13H18F3NO. The van der Waals surface area contributed by atoms with Crippen LogP contribution in [0.3, 0.4) is 0 Å². The van der Waals surface area contributed by atoms with E-state index >= 15 is 0 Å². The van der Waals surface area contributed by atoms with Crippen molar-refractivity contribution in [3.8, 4) is 5.75 Å². The second-order valence-corrected chi connectivity index (χ2v) is 4.54. The van der Waals surface area contributed by atoms with Crippen LogP contribution in [0.4, 0.5) is 18.9 Å². The van der Waals surface area contributed by atoms with Crippen molar-refractivity contribution in [2.45, 2.75) is 26.4 Å². The van der Waals surface area contributed by atoms with Crippen molar-refractivity contribution < 1.29 is 17.9 Å². The first-order valence-corrected chi connectivity index (χ1v) is 5.90. The third-order valence-corrected chi connectivity index (χ3v) is 2.31. The quantitative estimate of drug-likeness (QED) is 0.833. The highest BCUT2D eigenvalue weighted by atomic mass is 19.4. The maximum absolute atomic E-state index is 11.9. The van der Waals surface area contributed by atoms with Gasteiger partial charge in [0.25, 0.3) is 0 Å². The van der Waals surface area contributed by atoms with Gasteiger partial charge in [0.15, 0.2) is 6.61 Å². The largest absolute Gasteiger partial charge is 0.484 e. The Morgan fingerprint density at radius 3 is 2.28 bits per heavy atom. The van der Waals surface area contributed by atoms with Crippen LogP contribution in [0.1, 0.15) is 20.3 Å². The van der Waals surface area contributed by atoms with E-state index < -0.39 is 12.8 Å². The van der Waals surface area contributed by atoms with Crippen LogP contribution in [0, 0.1) is 5.92 Å². The molecule has 1 rings (SSSR count). The van der Waals surface area contributed by atoms with E-state index in [2.05, 4.69) is 23.9 Å². The maximum atomic E-state index is 11.9. The van der Waals surface area contributed by atoms with E-state index in [1.807, 2.05) is 0 Å². The minimum absolute atomic E-state index is 0.224. The number of halogens is 3. The molecule has 5 heteroatoms. The lowest BCUT2D eigenvalue weighted by Crippen LogP contribution is -2.19. The van der Waals surface area contributed by atoms with Gasteiger partial charge < -0.3 is 10.1 Å². The zero-order chi connectivity index (χ0) is 13.6. The fourth-order valence-electron chi connectivity index (χ4n) is 1.34. The third kappa shape index (κ3) is 6.37. The zero-order valence-electron chi connectivity index (χ0n) is 10.6. The minimum Gasteiger partial charge on any atom is -0.484 e. The van der Waals surface area contributed by atoms with Crippen molar-refractivity contribution in [1.29, 1.82) is 0 Å². The lowest BCUT2D eigenvalue weighted by Gasteiger charge is -2.11. The summed E-state index contributed by atoms with van der Waals surface area (Å²) in [5, 5.41) is 3.20. The molecule has 0 unspecified atom stereocenters. The van der Waals surface area contributed by atoms with Crippen LogP contribution in [0.15, 0.2) is 24.3 Å². The molecule has 1 aromatic rings. The second kappa shape index (κ2) is 6.52. The Balaban J connectivity index is 2.38. The molecule has 0 amide bonds. The highest BCUT2D eigenvalue weighted by Gasteiger charge is 2.28. The number of alkyl halides is 3. The number of rotatable bonds is 6. The van der Waals surface area contributed by atoms with Gasteiger partial charge in [0.2, 0.25) is 0 Å². The fraction of sp³-hybridized carbons (Fsp3) is 0.538. The summed E-state index contributed by atoms with van der Waals surface area (Å²) in [4.78, 5) is 0. The molecular weight excluding hydrogens is 243 g/mol. The lowest BCUT2D eigenvalue weighted by atomic mass is 10.1. The molecule has 0 spiro atoms. The summed E-state index contributed by atoms with van der Waals surface area (Å²) in [5.74, 6) is 0.841. The molecule has 0 aliphatic carbocycles. The molecule has 0 radical (unpaired) electrons. The van der Waals surface area contributed by atoms with E-state index in [-0.39, 0.29) is 5.75 Å². The number of hydrogen-bond acceptors (Lipinski definition) is 2.